The molecule has 0 radical (unpaired) electrons. The van der Waals surface area contributed by atoms with Gasteiger partial charge in [0.1, 0.15) is 17.2 Å². The molecule has 0 spiro atoms. The van der Waals surface area contributed by atoms with Crippen LogP contribution in [0.4, 0.5) is 16.0 Å². The van der Waals surface area contributed by atoms with Crippen LogP contribution in [0.25, 0.3) is 11.2 Å². The van der Waals surface area contributed by atoms with E-state index in [1.165, 1.54) is 25.0 Å². The fourth-order valence-electron chi connectivity index (χ4n) is 3.38. The zero-order valence-electron chi connectivity index (χ0n) is 15.0. The Bertz CT molecular complexity index is 1120. The van der Waals surface area contributed by atoms with Gasteiger partial charge in [0.25, 0.3) is 0 Å². The Kier molecular flexibility index (Phi) is 4.05. The number of aromatic nitrogens is 5. The topological polar surface area (TPSA) is 91.7 Å². The van der Waals surface area contributed by atoms with Gasteiger partial charge in [-0.25, -0.2) is 14.4 Å². The number of hydrogen-bond acceptors (Lipinski definition) is 5. The summed E-state index contributed by atoms with van der Waals surface area (Å²) in [5.74, 6) is 1.64. The predicted octanol–water partition coefficient (Wildman–Crippen LogP) is 3.50. The lowest BCUT2D eigenvalue weighted by Crippen LogP contribution is -2.14. The van der Waals surface area contributed by atoms with Gasteiger partial charge in [0.05, 0.1) is 19.0 Å². The molecule has 0 amide bonds. The lowest BCUT2D eigenvalue weighted by molar-refractivity contribution is 0.251. The van der Waals surface area contributed by atoms with Crippen LogP contribution >= 0.6 is 0 Å². The second-order valence-electron chi connectivity index (χ2n) is 7.05. The predicted molar refractivity (Wildman–Crippen MR) is 103 cm³/mol. The molecular formula is C20H19FN6O. The molecule has 4 aromatic rings. The van der Waals surface area contributed by atoms with E-state index in [0.717, 1.165) is 17.1 Å². The molecule has 3 N–H and O–H groups in total. The van der Waals surface area contributed by atoms with Crippen molar-refractivity contribution in [2.24, 2.45) is 0 Å². The quantitative estimate of drug-likeness (QED) is 0.478. The molecule has 0 aliphatic heterocycles. The average Bonchev–Trinajstić information content (AvgIpc) is 3.32. The van der Waals surface area contributed by atoms with Crippen LogP contribution in [0.3, 0.4) is 0 Å². The van der Waals surface area contributed by atoms with Crippen molar-refractivity contribution in [3.8, 4) is 0 Å². The van der Waals surface area contributed by atoms with Crippen LogP contribution in [0, 0.1) is 5.82 Å². The number of fused-ring (bicyclic) bond motifs is 1. The van der Waals surface area contributed by atoms with Crippen LogP contribution in [0.2, 0.25) is 0 Å². The third-order valence-electron chi connectivity index (χ3n) is 5.05. The minimum absolute atomic E-state index is 0.152. The fourth-order valence-corrected chi connectivity index (χ4v) is 3.38. The first kappa shape index (κ1) is 16.9. The van der Waals surface area contributed by atoms with Gasteiger partial charge in [-0.2, -0.15) is 5.10 Å². The number of H-pyrrole nitrogens is 1. The largest absolute Gasteiger partial charge is 0.394 e. The van der Waals surface area contributed by atoms with E-state index < -0.39 is 6.04 Å². The van der Waals surface area contributed by atoms with Gasteiger partial charge >= 0.3 is 0 Å². The van der Waals surface area contributed by atoms with Crippen molar-refractivity contribution < 1.29 is 9.50 Å². The second-order valence-corrected chi connectivity index (χ2v) is 7.05. The number of halogens is 1. The van der Waals surface area contributed by atoms with Crippen LogP contribution < -0.4 is 5.32 Å². The molecule has 1 fully saturated rings. The average molecular weight is 378 g/mol. The number of aliphatic hydroxyl groups is 1. The standard InChI is InChI=1S/C20H19FN6O/c21-14-5-3-13(4-6-14)17(10-28)27-11-22-15-7-8-18(24-20(15)27)23-19-9-16(25-26-19)12-1-2-12/h3-9,11-12,17,28H,1-2,10H2,(H2,23,24,25,26). The van der Waals surface area contributed by atoms with E-state index in [0.29, 0.717) is 22.9 Å². The van der Waals surface area contributed by atoms with E-state index in [2.05, 4.69) is 25.5 Å². The molecule has 1 aliphatic rings. The molecule has 5 rings (SSSR count). The zero-order valence-corrected chi connectivity index (χ0v) is 15.0. The van der Waals surface area contributed by atoms with Crippen molar-refractivity contribution in [2.45, 2.75) is 24.8 Å². The van der Waals surface area contributed by atoms with Gasteiger partial charge in [0.2, 0.25) is 0 Å². The van der Waals surface area contributed by atoms with Crippen molar-refractivity contribution >= 4 is 22.8 Å². The summed E-state index contributed by atoms with van der Waals surface area (Å²) in [5.41, 5.74) is 3.27. The molecule has 1 unspecified atom stereocenters. The number of aromatic amines is 1. The lowest BCUT2D eigenvalue weighted by Gasteiger charge is -2.17. The minimum Gasteiger partial charge on any atom is -0.394 e. The van der Waals surface area contributed by atoms with E-state index in [4.69, 9.17) is 0 Å². The second kappa shape index (κ2) is 6.72. The SMILES string of the molecule is OCC(c1ccc(F)cc1)n1cnc2ccc(Nc3cc(C4CC4)[nH]n3)nc21. The molecule has 1 saturated carbocycles. The highest BCUT2D eigenvalue weighted by molar-refractivity contribution is 5.74. The van der Waals surface area contributed by atoms with Crippen molar-refractivity contribution in [3.05, 3.63) is 65.9 Å². The number of aliphatic hydroxyl groups excluding tert-OH is 1. The zero-order chi connectivity index (χ0) is 19.1. The van der Waals surface area contributed by atoms with Crippen molar-refractivity contribution in [1.29, 1.82) is 0 Å². The number of benzene rings is 1. The van der Waals surface area contributed by atoms with Crippen LogP contribution in [0.5, 0.6) is 0 Å². The van der Waals surface area contributed by atoms with E-state index in [-0.39, 0.29) is 12.4 Å². The third-order valence-corrected chi connectivity index (χ3v) is 5.05. The van der Waals surface area contributed by atoms with Crippen LogP contribution in [0.1, 0.15) is 36.1 Å². The minimum atomic E-state index is -0.403. The van der Waals surface area contributed by atoms with E-state index >= 15 is 0 Å². The first-order valence-electron chi connectivity index (χ1n) is 9.23. The summed E-state index contributed by atoms with van der Waals surface area (Å²) in [6.07, 6.45) is 4.05. The number of anilines is 2. The molecule has 7 nitrogen and oxygen atoms in total. The molecule has 28 heavy (non-hydrogen) atoms. The molecule has 1 aromatic carbocycles. The summed E-state index contributed by atoms with van der Waals surface area (Å²) in [7, 11) is 0. The molecule has 0 bridgehead atoms. The number of pyridine rings is 1. The Morgan fingerprint density at radius 2 is 2.00 bits per heavy atom. The number of rotatable bonds is 6. The molecule has 3 aromatic heterocycles. The number of nitrogens with zero attached hydrogens (tertiary/aromatic N) is 4. The first-order chi connectivity index (χ1) is 13.7. The summed E-state index contributed by atoms with van der Waals surface area (Å²) < 4.78 is 15.1. The van der Waals surface area contributed by atoms with Crippen LogP contribution in [-0.2, 0) is 0 Å². The molecule has 8 heteroatoms. The number of nitrogens with one attached hydrogen (secondary N) is 2. The van der Waals surface area contributed by atoms with Gasteiger partial charge in [0.15, 0.2) is 11.5 Å². The van der Waals surface area contributed by atoms with Gasteiger partial charge in [-0.05, 0) is 42.7 Å². The fraction of sp³-hybridized carbons (Fsp3) is 0.250. The van der Waals surface area contributed by atoms with Gasteiger partial charge < -0.3 is 15.0 Å². The van der Waals surface area contributed by atoms with Gasteiger partial charge in [-0.15, -0.1) is 0 Å². The Morgan fingerprint density at radius 1 is 1.18 bits per heavy atom. The van der Waals surface area contributed by atoms with Crippen molar-refractivity contribution in [1.82, 2.24) is 24.7 Å². The van der Waals surface area contributed by atoms with E-state index in [1.807, 2.05) is 18.2 Å². The third kappa shape index (κ3) is 3.11. The maximum Gasteiger partial charge on any atom is 0.162 e. The van der Waals surface area contributed by atoms with Gasteiger partial charge in [0, 0.05) is 17.7 Å². The molecule has 0 saturated heterocycles. The Hall–Kier alpha value is -3.26. The maximum absolute atomic E-state index is 13.3. The molecular weight excluding hydrogens is 359 g/mol. The summed E-state index contributed by atoms with van der Waals surface area (Å²) in [6, 6.07) is 11.4. The maximum atomic E-state index is 13.3. The summed E-state index contributed by atoms with van der Waals surface area (Å²) >= 11 is 0. The van der Waals surface area contributed by atoms with Crippen molar-refractivity contribution in [3.63, 3.8) is 0 Å². The highest BCUT2D eigenvalue weighted by Gasteiger charge is 2.25. The Balaban J connectivity index is 1.47. The first-order valence-corrected chi connectivity index (χ1v) is 9.23. The van der Waals surface area contributed by atoms with E-state index in [1.54, 1.807) is 23.0 Å². The highest BCUT2D eigenvalue weighted by atomic mass is 19.1. The molecule has 142 valence electrons. The van der Waals surface area contributed by atoms with Crippen LogP contribution in [0.15, 0.2) is 48.8 Å². The molecule has 1 aliphatic carbocycles. The van der Waals surface area contributed by atoms with Crippen LogP contribution in [-0.4, -0.2) is 36.4 Å². The monoisotopic (exact) mass is 378 g/mol. The highest BCUT2D eigenvalue weighted by Crippen LogP contribution is 2.39. The number of hydrogen-bond donors (Lipinski definition) is 3. The summed E-state index contributed by atoms with van der Waals surface area (Å²) in [6.45, 7) is -0.152. The Morgan fingerprint density at radius 3 is 2.75 bits per heavy atom. The van der Waals surface area contributed by atoms with Gasteiger partial charge in [-0.3, -0.25) is 5.10 Å². The molecule has 1 atom stereocenters. The molecule has 3 heterocycles. The lowest BCUT2D eigenvalue weighted by atomic mass is 10.1. The van der Waals surface area contributed by atoms with Gasteiger partial charge in [-0.1, -0.05) is 12.1 Å². The Labute approximate surface area is 160 Å². The number of imidazole rings is 1. The summed E-state index contributed by atoms with van der Waals surface area (Å²) in [5, 5.41) is 20.5. The van der Waals surface area contributed by atoms with E-state index in [9.17, 15) is 9.50 Å². The van der Waals surface area contributed by atoms with Crippen molar-refractivity contribution in [2.75, 3.05) is 11.9 Å². The smallest absolute Gasteiger partial charge is 0.162 e. The summed E-state index contributed by atoms with van der Waals surface area (Å²) in [4.78, 5) is 9.04. The normalized spacial score (nSPS) is 15.1.